The maximum atomic E-state index is 12.7. The Bertz CT molecular complexity index is 1330. The van der Waals surface area contributed by atoms with E-state index in [9.17, 15) is 14.4 Å². The predicted octanol–water partition coefficient (Wildman–Crippen LogP) is 1.62. The number of fused-ring (bicyclic) bond motifs is 2. The zero-order valence-electron chi connectivity index (χ0n) is 15.4. The summed E-state index contributed by atoms with van der Waals surface area (Å²) in [6.45, 7) is 0.913. The number of hydrogen-bond donors (Lipinski definition) is 0. The first-order valence-corrected chi connectivity index (χ1v) is 10.2. The van der Waals surface area contributed by atoms with Crippen molar-refractivity contribution < 1.29 is 9.21 Å². The molecule has 4 aromatic rings. The first-order chi connectivity index (χ1) is 14.1. The van der Waals surface area contributed by atoms with Crippen LogP contribution in [0.2, 0.25) is 0 Å². The van der Waals surface area contributed by atoms with E-state index in [1.165, 1.54) is 20.6 Å². The number of para-hydroxylation sites is 2. The summed E-state index contributed by atoms with van der Waals surface area (Å²) in [7, 11) is 0. The zero-order chi connectivity index (χ0) is 20.0. The van der Waals surface area contributed by atoms with Gasteiger partial charge in [-0.1, -0.05) is 17.3 Å². The average molecular weight is 411 g/mol. The number of aromatic nitrogens is 4. The third-order valence-electron chi connectivity index (χ3n) is 5.33. The average Bonchev–Trinajstić information content (AvgIpc) is 3.34. The third-order valence-corrected chi connectivity index (χ3v) is 6.22. The van der Waals surface area contributed by atoms with Crippen molar-refractivity contribution in [2.24, 2.45) is 0 Å². The Morgan fingerprint density at radius 2 is 1.97 bits per heavy atom. The highest BCUT2D eigenvalue weighted by atomic mass is 32.1. The molecule has 1 aliphatic heterocycles. The Labute approximate surface area is 167 Å². The molecular formula is C19H17N5O4S. The molecule has 0 radical (unpaired) electrons. The quantitative estimate of drug-likeness (QED) is 0.508. The van der Waals surface area contributed by atoms with Gasteiger partial charge in [-0.15, -0.1) is 16.4 Å². The molecule has 29 heavy (non-hydrogen) atoms. The molecule has 0 bridgehead atoms. The number of nitrogens with zero attached hydrogens (tertiary/aromatic N) is 5. The van der Waals surface area contributed by atoms with Crippen molar-refractivity contribution in [2.75, 3.05) is 13.1 Å². The number of benzene rings is 1. The lowest BCUT2D eigenvalue weighted by Gasteiger charge is -2.32. The molecule has 1 amide bonds. The molecule has 0 N–H and O–H groups in total. The SMILES string of the molecule is O=C(Cn1c(=O)oc2ccccc21)N1CCC(n2nnc3ccsc3c2=O)CC1. The number of amides is 1. The Hall–Kier alpha value is -3.27. The number of carbonyl (C=O) groups excluding carboxylic acids is 1. The van der Waals surface area contributed by atoms with Gasteiger partial charge in [-0.05, 0) is 36.4 Å². The van der Waals surface area contributed by atoms with Crippen molar-refractivity contribution >= 4 is 38.6 Å². The van der Waals surface area contributed by atoms with E-state index < -0.39 is 5.76 Å². The smallest absolute Gasteiger partial charge is 0.408 e. The Balaban J connectivity index is 1.30. The summed E-state index contributed by atoms with van der Waals surface area (Å²) in [4.78, 5) is 39.2. The van der Waals surface area contributed by atoms with Crippen LogP contribution in [0.4, 0.5) is 0 Å². The molecule has 3 aromatic heterocycles. The van der Waals surface area contributed by atoms with E-state index >= 15 is 0 Å². The van der Waals surface area contributed by atoms with Crippen molar-refractivity contribution in [3.8, 4) is 0 Å². The molecule has 5 rings (SSSR count). The molecule has 1 saturated heterocycles. The van der Waals surface area contributed by atoms with Gasteiger partial charge in [0.1, 0.15) is 16.8 Å². The lowest BCUT2D eigenvalue weighted by Crippen LogP contribution is -2.43. The van der Waals surface area contributed by atoms with Crippen LogP contribution >= 0.6 is 11.3 Å². The summed E-state index contributed by atoms with van der Waals surface area (Å²) in [6.07, 6.45) is 1.22. The van der Waals surface area contributed by atoms with Crippen molar-refractivity contribution in [1.82, 2.24) is 24.5 Å². The number of hydrogen-bond acceptors (Lipinski definition) is 7. The van der Waals surface area contributed by atoms with Crippen LogP contribution in [0.3, 0.4) is 0 Å². The van der Waals surface area contributed by atoms with Crippen molar-refractivity contribution in [1.29, 1.82) is 0 Å². The van der Waals surface area contributed by atoms with Crippen LogP contribution in [0.25, 0.3) is 21.3 Å². The van der Waals surface area contributed by atoms with Gasteiger partial charge in [-0.3, -0.25) is 14.2 Å². The molecule has 1 fully saturated rings. The Kier molecular flexibility index (Phi) is 4.27. The topological polar surface area (TPSA) is 103 Å². The highest BCUT2D eigenvalue weighted by molar-refractivity contribution is 7.17. The number of likely N-dealkylation sites (tertiary alicyclic amines) is 1. The van der Waals surface area contributed by atoms with Crippen LogP contribution in [0.1, 0.15) is 18.9 Å². The molecule has 148 valence electrons. The van der Waals surface area contributed by atoms with Gasteiger partial charge in [-0.2, -0.15) is 0 Å². The first-order valence-electron chi connectivity index (χ1n) is 9.30. The number of oxazole rings is 1. The van der Waals surface area contributed by atoms with E-state index in [0.29, 0.717) is 47.2 Å². The monoisotopic (exact) mass is 411 g/mol. The van der Waals surface area contributed by atoms with E-state index in [0.717, 1.165) is 0 Å². The van der Waals surface area contributed by atoms with Gasteiger partial charge in [-0.25, -0.2) is 9.48 Å². The first kappa shape index (κ1) is 17.8. The lowest BCUT2D eigenvalue weighted by molar-refractivity contribution is -0.133. The second kappa shape index (κ2) is 6.96. The highest BCUT2D eigenvalue weighted by Gasteiger charge is 2.26. The fourth-order valence-corrected chi connectivity index (χ4v) is 4.54. The van der Waals surface area contributed by atoms with Gasteiger partial charge in [0.25, 0.3) is 5.56 Å². The van der Waals surface area contributed by atoms with Crippen LogP contribution in [-0.4, -0.2) is 43.5 Å². The number of rotatable bonds is 3. The van der Waals surface area contributed by atoms with Crippen molar-refractivity contribution in [2.45, 2.75) is 25.4 Å². The van der Waals surface area contributed by atoms with Gasteiger partial charge in [0.15, 0.2) is 5.58 Å². The molecular weight excluding hydrogens is 394 g/mol. The standard InChI is InChI=1S/C19H17N5O4S/c25-16(11-23-14-3-1-2-4-15(14)28-19(23)27)22-8-5-12(6-9-22)24-18(26)17-13(20-21-24)7-10-29-17/h1-4,7,10,12H,5-6,8-9,11H2. The maximum Gasteiger partial charge on any atom is 0.420 e. The summed E-state index contributed by atoms with van der Waals surface area (Å²) in [5.41, 5.74) is 1.55. The summed E-state index contributed by atoms with van der Waals surface area (Å²) >= 11 is 1.36. The Morgan fingerprint density at radius 1 is 1.17 bits per heavy atom. The van der Waals surface area contributed by atoms with Crippen LogP contribution in [0.5, 0.6) is 0 Å². The fourth-order valence-electron chi connectivity index (χ4n) is 3.78. The number of thiophene rings is 1. The molecule has 9 nitrogen and oxygen atoms in total. The molecule has 0 spiro atoms. The largest absolute Gasteiger partial charge is 0.420 e. The summed E-state index contributed by atoms with van der Waals surface area (Å²) < 4.78 is 8.58. The van der Waals surface area contributed by atoms with Crippen LogP contribution < -0.4 is 11.3 Å². The van der Waals surface area contributed by atoms with E-state index in [1.807, 2.05) is 5.38 Å². The normalized spacial score (nSPS) is 15.4. The molecule has 0 saturated carbocycles. The molecule has 1 aliphatic rings. The molecule has 0 atom stereocenters. The number of piperidine rings is 1. The highest BCUT2D eigenvalue weighted by Crippen LogP contribution is 2.22. The maximum absolute atomic E-state index is 12.7. The summed E-state index contributed by atoms with van der Waals surface area (Å²) in [5, 5.41) is 10.0. The second-order valence-corrected chi connectivity index (χ2v) is 7.92. The van der Waals surface area contributed by atoms with E-state index in [4.69, 9.17) is 4.42 Å². The predicted molar refractivity (Wildman–Crippen MR) is 107 cm³/mol. The van der Waals surface area contributed by atoms with Gasteiger partial charge in [0.05, 0.1) is 11.6 Å². The molecule has 0 unspecified atom stereocenters. The molecule has 10 heteroatoms. The summed E-state index contributed by atoms with van der Waals surface area (Å²) in [5.74, 6) is -0.690. The van der Waals surface area contributed by atoms with Crippen molar-refractivity contribution in [3.63, 3.8) is 0 Å². The molecule has 0 aliphatic carbocycles. The van der Waals surface area contributed by atoms with Crippen LogP contribution in [0.15, 0.2) is 49.7 Å². The number of carbonyl (C=O) groups is 1. The zero-order valence-corrected chi connectivity index (χ0v) is 16.2. The van der Waals surface area contributed by atoms with E-state index in [1.54, 1.807) is 35.2 Å². The van der Waals surface area contributed by atoms with Gasteiger partial charge >= 0.3 is 5.76 Å². The lowest BCUT2D eigenvalue weighted by atomic mass is 10.1. The van der Waals surface area contributed by atoms with Gasteiger partial charge in [0, 0.05) is 13.1 Å². The van der Waals surface area contributed by atoms with Crippen LogP contribution in [-0.2, 0) is 11.3 Å². The van der Waals surface area contributed by atoms with E-state index in [2.05, 4.69) is 10.3 Å². The minimum Gasteiger partial charge on any atom is -0.408 e. The van der Waals surface area contributed by atoms with Crippen LogP contribution in [0, 0.1) is 0 Å². The van der Waals surface area contributed by atoms with Gasteiger partial charge < -0.3 is 9.32 Å². The minimum absolute atomic E-state index is 0.0680. The molecule has 4 heterocycles. The molecule has 1 aromatic carbocycles. The third kappa shape index (κ3) is 3.05. The van der Waals surface area contributed by atoms with Gasteiger partial charge in [0.2, 0.25) is 5.91 Å². The van der Waals surface area contributed by atoms with E-state index in [-0.39, 0.29) is 24.1 Å². The van der Waals surface area contributed by atoms with Crippen molar-refractivity contribution in [3.05, 3.63) is 56.6 Å². The minimum atomic E-state index is -0.541. The fraction of sp³-hybridized carbons (Fsp3) is 0.316. The second-order valence-electron chi connectivity index (χ2n) is 7.01. The Morgan fingerprint density at radius 3 is 2.79 bits per heavy atom. The summed E-state index contributed by atoms with van der Waals surface area (Å²) in [6, 6.07) is 8.72.